The molecule has 6 heteroatoms. The van der Waals surface area contributed by atoms with Crippen molar-refractivity contribution in [3.05, 3.63) is 100 Å². The number of carbonyl (C=O) groups excluding carboxylic acids is 2. The zero-order valence-electron chi connectivity index (χ0n) is 17.8. The van der Waals surface area contributed by atoms with Gasteiger partial charge in [0.1, 0.15) is 5.69 Å². The molecule has 160 valence electrons. The summed E-state index contributed by atoms with van der Waals surface area (Å²) < 4.78 is 6.62. The molecule has 3 aromatic carbocycles. The van der Waals surface area contributed by atoms with Crippen molar-refractivity contribution in [3.8, 4) is 11.1 Å². The highest BCUT2D eigenvalue weighted by molar-refractivity contribution is 6.07. The highest BCUT2D eigenvalue weighted by atomic mass is 16.5. The maximum Gasteiger partial charge on any atom is 0.356 e. The number of ether oxygens (including phenoxy) is 1. The Kier molecular flexibility index (Phi) is 5.85. The average Bonchev–Trinajstić information content (AvgIpc) is 2.81. The van der Waals surface area contributed by atoms with Crippen LogP contribution in [0.2, 0.25) is 0 Å². The highest BCUT2D eigenvalue weighted by Gasteiger charge is 2.23. The van der Waals surface area contributed by atoms with Gasteiger partial charge in [-0.25, -0.2) is 4.79 Å². The third-order valence-electron chi connectivity index (χ3n) is 5.31. The minimum Gasteiger partial charge on any atom is -0.451 e. The van der Waals surface area contributed by atoms with E-state index >= 15 is 0 Å². The largest absolute Gasteiger partial charge is 0.451 e. The van der Waals surface area contributed by atoms with E-state index in [1.807, 2.05) is 61.5 Å². The minimum absolute atomic E-state index is 0.101. The molecule has 4 rings (SSSR count). The van der Waals surface area contributed by atoms with Crippen LogP contribution >= 0.6 is 0 Å². The molecule has 0 aliphatic rings. The van der Waals surface area contributed by atoms with E-state index in [9.17, 15) is 14.4 Å². The third kappa shape index (κ3) is 4.03. The number of aromatic nitrogens is 1. The first kappa shape index (κ1) is 21.1. The Labute approximate surface area is 185 Å². The first-order valence-electron chi connectivity index (χ1n) is 10.2. The SMILES string of the molecule is Cc1ccccc1NC(=O)COC(=O)c1c(-c2ccccc2)c2ccccc2c(=O)n1C. The van der Waals surface area contributed by atoms with E-state index in [1.165, 1.54) is 11.6 Å². The van der Waals surface area contributed by atoms with Gasteiger partial charge in [0.2, 0.25) is 0 Å². The number of rotatable bonds is 5. The van der Waals surface area contributed by atoms with Crippen LogP contribution in [0.3, 0.4) is 0 Å². The second-order valence-electron chi connectivity index (χ2n) is 7.44. The molecule has 0 radical (unpaired) electrons. The first-order chi connectivity index (χ1) is 15.5. The molecule has 1 N–H and O–H groups in total. The molecule has 1 heterocycles. The molecule has 0 aliphatic carbocycles. The Balaban J connectivity index is 1.70. The van der Waals surface area contributed by atoms with Gasteiger partial charge in [0.05, 0.1) is 0 Å². The van der Waals surface area contributed by atoms with E-state index < -0.39 is 18.5 Å². The van der Waals surface area contributed by atoms with Crippen LogP contribution in [0.25, 0.3) is 21.9 Å². The number of nitrogens with zero attached hydrogens (tertiary/aromatic N) is 1. The average molecular weight is 426 g/mol. The number of para-hydroxylation sites is 1. The van der Waals surface area contributed by atoms with Gasteiger partial charge in [-0.2, -0.15) is 0 Å². The van der Waals surface area contributed by atoms with Crippen molar-refractivity contribution >= 4 is 28.3 Å². The molecule has 0 saturated heterocycles. The fourth-order valence-electron chi connectivity index (χ4n) is 3.70. The second kappa shape index (κ2) is 8.89. The number of benzene rings is 3. The summed E-state index contributed by atoms with van der Waals surface area (Å²) in [4.78, 5) is 38.4. The van der Waals surface area contributed by atoms with Crippen molar-refractivity contribution in [1.82, 2.24) is 4.57 Å². The number of aryl methyl sites for hydroxylation is 1. The number of fused-ring (bicyclic) bond motifs is 1. The van der Waals surface area contributed by atoms with Gasteiger partial charge in [0, 0.05) is 23.7 Å². The van der Waals surface area contributed by atoms with Crippen molar-refractivity contribution in [3.63, 3.8) is 0 Å². The van der Waals surface area contributed by atoms with Crippen LogP contribution in [-0.4, -0.2) is 23.1 Å². The van der Waals surface area contributed by atoms with Gasteiger partial charge in [-0.1, -0.05) is 66.7 Å². The maximum atomic E-state index is 13.1. The normalized spacial score (nSPS) is 10.7. The van der Waals surface area contributed by atoms with E-state index in [-0.39, 0.29) is 11.3 Å². The molecule has 1 aromatic heterocycles. The van der Waals surface area contributed by atoms with E-state index in [2.05, 4.69) is 5.32 Å². The summed E-state index contributed by atoms with van der Waals surface area (Å²) in [5, 5.41) is 3.89. The van der Waals surface area contributed by atoms with Crippen LogP contribution in [0.5, 0.6) is 0 Å². The Hall–Kier alpha value is -4.19. The molecule has 0 bridgehead atoms. The first-order valence-corrected chi connectivity index (χ1v) is 10.2. The number of hydrogen-bond donors (Lipinski definition) is 1. The van der Waals surface area contributed by atoms with E-state index in [0.717, 1.165) is 11.1 Å². The van der Waals surface area contributed by atoms with Crippen LogP contribution in [0, 0.1) is 6.92 Å². The monoisotopic (exact) mass is 426 g/mol. The van der Waals surface area contributed by atoms with E-state index in [1.54, 1.807) is 24.3 Å². The number of hydrogen-bond acceptors (Lipinski definition) is 4. The number of pyridine rings is 1. The predicted molar refractivity (Wildman–Crippen MR) is 125 cm³/mol. The lowest BCUT2D eigenvalue weighted by Crippen LogP contribution is -2.28. The fourth-order valence-corrected chi connectivity index (χ4v) is 3.70. The van der Waals surface area contributed by atoms with Crippen molar-refractivity contribution in [2.24, 2.45) is 7.05 Å². The van der Waals surface area contributed by atoms with Gasteiger partial charge in [0.25, 0.3) is 11.5 Å². The number of anilines is 1. The fraction of sp³-hybridized carbons (Fsp3) is 0.115. The molecule has 0 unspecified atom stereocenters. The number of esters is 1. The molecular formula is C26H22N2O4. The van der Waals surface area contributed by atoms with Crippen molar-refractivity contribution < 1.29 is 14.3 Å². The Morgan fingerprint density at radius 1 is 0.875 bits per heavy atom. The Bertz CT molecular complexity index is 1370. The summed E-state index contributed by atoms with van der Waals surface area (Å²) in [7, 11) is 1.53. The molecule has 0 atom stereocenters. The van der Waals surface area contributed by atoms with E-state index in [4.69, 9.17) is 4.74 Å². The summed E-state index contributed by atoms with van der Waals surface area (Å²) >= 11 is 0. The molecule has 0 spiro atoms. The van der Waals surface area contributed by atoms with Crippen LogP contribution < -0.4 is 10.9 Å². The molecule has 4 aromatic rings. The Morgan fingerprint density at radius 2 is 1.50 bits per heavy atom. The lowest BCUT2D eigenvalue weighted by Gasteiger charge is -2.17. The zero-order valence-corrected chi connectivity index (χ0v) is 17.8. The zero-order chi connectivity index (χ0) is 22.7. The third-order valence-corrected chi connectivity index (χ3v) is 5.31. The smallest absolute Gasteiger partial charge is 0.356 e. The van der Waals surface area contributed by atoms with Gasteiger partial charge in [-0.15, -0.1) is 0 Å². The molecule has 0 fully saturated rings. The summed E-state index contributed by atoms with van der Waals surface area (Å²) in [5.74, 6) is -1.20. The van der Waals surface area contributed by atoms with Crippen molar-refractivity contribution in [1.29, 1.82) is 0 Å². The lowest BCUT2D eigenvalue weighted by molar-refractivity contribution is -0.119. The number of carbonyl (C=O) groups is 2. The van der Waals surface area contributed by atoms with Gasteiger partial charge in [-0.05, 0) is 35.6 Å². The van der Waals surface area contributed by atoms with E-state index in [0.29, 0.717) is 22.0 Å². The summed E-state index contributed by atoms with van der Waals surface area (Å²) in [5.41, 5.74) is 2.70. The quantitative estimate of drug-likeness (QED) is 0.483. The van der Waals surface area contributed by atoms with Crippen LogP contribution in [0.4, 0.5) is 5.69 Å². The van der Waals surface area contributed by atoms with Crippen LogP contribution in [0.15, 0.2) is 83.7 Å². The van der Waals surface area contributed by atoms with Gasteiger partial charge >= 0.3 is 5.97 Å². The van der Waals surface area contributed by atoms with Crippen LogP contribution in [-0.2, 0) is 16.6 Å². The standard InChI is InChI=1S/C26H22N2O4/c1-17-10-6-9-15-21(17)27-22(29)16-32-26(31)24-23(18-11-4-3-5-12-18)19-13-7-8-14-20(19)25(30)28(24)2/h3-15H,16H2,1-2H3,(H,27,29). The van der Waals surface area contributed by atoms with Crippen molar-refractivity contribution in [2.45, 2.75) is 6.92 Å². The summed E-state index contributed by atoms with van der Waals surface area (Å²) in [6.07, 6.45) is 0. The number of amides is 1. The Morgan fingerprint density at radius 3 is 2.22 bits per heavy atom. The van der Waals surface area contributed by atoms with Crippen LogP contribution in [0.1, 0.15) is 16.1 Å². The second-order valence-corrected chi connectivity index (χ2v) is 7.44. The topological polar surface area (TPSA) is 77.4 Å². The lowest BCUT2D eigenvalue weighted by atomic mass is 9.97. The molecule has 32 heavy (non-hydrogen) atoms. The van der Waals surface area contributed by atoms with Gasteiger partial charge in [-0.3, -0.25) is 9.59 Å². The highest BCUT2D eigenvalue weighted by Crippen LogP contribution is 2.30. The summed E-state index contributed by atoms with van der Waals surface area (Å²) in [6.45, 7) is 1.40. The molecular weight excluding hydrogens is 404 g/mol. The maximum absolute atomic E-state index is 13.1. The molecule has 1 amide bonds. The predicted octanol–water partition coefficient (Wildman–Crippen LogP) is 4.31. The number of nitrogens with one attached hydrogen (secondary N) is 1. The van der Waals surface area contributed by atoms with Crippen molar-refractivity contribution in [2.75, 3.05) is 11.9 Å². The summed E-state index contributed by atoms with van der Waals surface area (Å²) in [6, 6.07) is 23.8. The molecule has 6 nitrogen and oxygen atoms in total. The minimum atomic E-state index is -0.742. The van der Waals surface area contributed by atoms with Gasteiger partial charge < -0.3 is 14.6 Å². The molecule has 0 aliphatic heterocycles. The molecule has 0 saturated carbocycles. The van der Waals surface area contributed by atoms with Gasteiger partial charge in [0.15, 0.2) is 6.61 Å².